The van der Waals surface area contributed by atoms with Crippen LogP contribution in [-0.2, 0) is 4.79 Å². The summed E-state index contributed by atoms with van der Waals surface area (Å²) in [5.74, 6) is 0.420. The fourth-order valence-corrected chi connectivity index (χ4v) is 4.91. The summed E-state index contributed by atoms with van der Waals surface area (Å²) in [6.07, 6.45) is 0. The van der Waals surface area contributed by atoms with Gasteiger partial charge < -0.3 is 10.1 Å². The number of hydrogen-bond donors (Lipinski definition) is 1. The lowest BCUT2D eigenvalue weighted by molar-refractivity contribution is -0.128. The fourth-order valence-electron chi connectivity index (χ4n) is 3.59. The van der Waals surface area contributed by atoms with Crippen LogP contribution in [0.3, 0.4) is 0 Å². The number of amides is 1. The maximum atomic E-state index is 13.1. The molecule has 0 radical (unpaired) electrons. The molecule has 0 atom stereocenters. The van der Waals surface area contributed by atoms with Gasteiger partial charge in [0.05, 0.1) is 15.9 Å². The number of halogens is 1. The Bertz CT molecular complexity index is 1320. The molecule has 0 fully saturated rings. The van der Waals surface area contributed by atoms with Gasteiger partial charge in [-0.1, -0.05) is 27.3 Å². The minimum atomic E-state index is -1.05. The zero-order valence-electron chi connectivity index (χ0n) is 18.9. The summed E-state index contributed by atoms with van der Waals surface area (Å²) >= 11 is 4.98. The van der Waals surface area contributed by atoms with Crippen LogP contribution in [-0.4, -0.2) is 26.3 Å². The maximum absolute atomic E-state index is 13.1. The number of thiazole rings is 1. The molecule has 0 bridgehead atoms. The molecule has 2 aromatic carbocycles. The Balaban J connectivity index is 1.64. The summed E-state index contributed by atoms with van der Waals surface area (Å²) in [5, 5.41) is 8.46. The summed E-state index contributed by atoms with van der Waals surface area (Å²) in [4.78, 5) is 17.9. The number of ether oxygens (including phenoxy) is 1. The predicted octanol–water partition coefficient (Wildman–Crippen LogP) is 6.27. The van der Waals surface area contributed by atoms with E-state index in [1.165, 1.54) is 0 Å². The van der Waals surface area contributed by atoms with Crippen molar-refractivity contribution in [2.24, 2.45) is 0 Å². The highest BCUT2D eigenvalue weighted by molar-refractivity contribution is 9.10. The molecule has 0 unspecified atom stereocenters. The molecule has 4 aromatic rings. The highest BCUT2D eigenvalue weighted by atomic mass is 79.9. The van der Waals surface area contributed by atoms with Gasteiger partial charge in [-0.25, -0.2) is 9.67 Å². The third kappa shape index (κ3) is 4.29. The molecule has 2 aromatic heterocycles. The van der Waals surface area contributed by atoms with Crippen LogP contribution in [0.2, 0.25) is 0 Å². The van der Waals surface area contributed by atoms with Crippen molar-refractivity contribution in [3.63, 3.8) is 0 Å². The molecule has 4 rings (SSSR count). The Labute approximate surface area is 199 Å². The number of benzene rings is 2. The van der Waals surface area contributed by atoms with Crippen molar-refractivity contribution in [2.75, 3.05) is 5.32 Å². The molecule has 0 aliphatic carbocycles. The van der Waals surface area contributed by atoms with Crippen molar-refractivity contribution >= 4 is 49.1 Å². The van der Waals surface area contributed by atoms with E-state index in [0.717, 1.165) is 48.0 Å². The number of aryl methyl sites for hydroxylation is 4. The van der Waals surface area contributed by atoms with Crippen molar-refractivity contribution < 1.29 is 9.53 Å². The minimum absolute atomic E-state index is 0.214. The Hall–Kier alpha value is -2.71. The van der Waals surface area contributed by atoms with Crippen LogP contribution in [0.25, 0.3) is 15.3 Å². The zero-order valence-corrected chi connectivity index (χ0v) is 21.3. The van der Waals surface area contributed by atoms with Gasteiger partial charge in [-0.2, -0.15) is 5.10 Å². The minimum Gasteiger partial charge on any atom is -0.478 e. The second-order valence-corrected chi connectivity index (χ2v) is 10.3. The molecule has 0 spiro atoms. The van der Waals surface area contributed by atoms with Crippen molar-refractivity contribution in [3.05, 3.63) is 63.4 Å². The van der Waals surface area contributed by atoms with Crippen molar-refractivity contribution in [2.45, 2.75) is 47.1 Å². The zero-order chi connectivity index (χ0) is 23.2. The number of rotatable bonds is 5. The van der Waals surface area contributed by atoms with Gasteiger partial charge in [0.15, 0.2) is 5.60 Å². The molecule has 0 aliphatic rings. The SMILES string of the molecule is Cc1cc(C)n(-c2nc3cc(C)c(NC(=O)C(C)(C)Oc4ccc(Br)cc4)c(C)c3s2)n1. The van der Waals surface area contributed by atoms with E-state index in [0.29, 0.717) is 5.75 Å². The van der Waals surface area contributed by atoms with Crippen LogP contribution in [0, 0.1) is 27.7 Å². The molecular formula is C24H25BrN4O2S. The van der Waals surface area contributed by atoms with Gasteiger partial charge >= 0.3 is 0 Å². The van der Waals surface area contributed by atoms with E-state index in [1.54, 1.807) is 25.2 Å². The van der Waals surface area contributed by atoms with Crippen LogP contribution >= 0.6 is 27.3 Å². The lowest BCUT2D eigenvalue weighted by atomic mass is 10.0. The summed E-state index contributed by atoms with van der Waals surface area (Å²) < 4.78 is 9.83. The van der Waals surface area contributed by atoms with E-state index in [2.05, 4.69) is 26.3 Å². The number of hydrogen-bond acceptors (Lipinski definition) is 5. The first kappa shape index (κ1) is 22.5. The summed E-state index contributed by atoms with van der Waals surface area (Å²) in [6, 6.07) is 11.5. The molecule has 6 nitrogen and oxygen atoms in total. The van der Waals surface area contributed by atoms with E-state index < -0.39 is 5.60 Å². The number of carbonyl (C=O) groups is 1. The first-order chi connectivity index (χ1) is 15.0. The van der Waals surface area contributed by atoms with E-state index in [9.17, 15) is 4.79 Å². The monoisotopic (exact) mass is 512 g/mol. The number of anilines is 1. The molecule has 0 aliphatic heterocycles. The van der Waals surface area contributed by atoms with E-state index in [-0.39, 0.29) is 5.91 Å². The number of aromatic nitrogens is 3. The summed E-state index contributed by atoms with van der Waals surface area (Å²) in [7, 11) is 0. The molecule has 1 N–H and O–H groups in total. The Morgan fingerprint density at radius 3 is 2.44 bits per heavy atom. The molecule has 166 valence electrons. The first-order valence-electron chi connectivity index (χ1n) is 10.3. The molecule has 1 amide bonds. The molecule has 0 saturated heterocycles. The second kappa shape index (κ2) is 8.33. The lowest BCUT2D eigenvalue weighted by Crippen LogP contribution is -2.42. The van der Waals surface area contributed by atoms with Gasteiger partial charge in [0.25, 0.3) is 5.91 Å². The van der Waals surface area contributed by atoms with Crippen molar-refractivity contribution in [3.8, 4) is 10.9 Å². The van der Waals surface area contributed by atoms with Gasteiger partial charge in [-0.05, 0) is 89.1 Å². The highest BCUT2D eigenvalue weighted by Gasteiger charge is 2.31. The largest absolute Gasteiger partial charge is 0.478 e. The van der Waals surface area contributed by atoms with Crippen LogP contribution < -0.4 is 10.1 Å². The van der Waals surface area contributed by atoms with Crippen molar-refractivity contribution in [1.82, 2.24) is 14.8 Å². The third-order valence-corrected chi connectivity index (χ3v) is 6.96. The maximum Gasteiger partial charge on any atom is 0.267 e. The topological polar surface area (TPSA) is 69.0 Å². The third-order valence-electron chi connectivity index (χ3n) is 5.27. The average molecular weight is 513 g/mol. The van der Waals surface area contributed by atoms with Crippen LogP contribution in [0.15, 0.2) is 40.9 Å². The van der Waals surface area contributed by atoms with Gasteiger partial charge in [0, 0.05) is 15.9 Å². The highest BCUT2D eigenvalue weighted by Crippen LogP contribution is 2.35. The van der Waals surface area contributed by atoms with Crippen LogP contribution in [0.1, 0.15) is 36.4 Å². The predicted molar refractivity (Wildman–Crippen MR) is 133 cm³/mol. The first-order valence-corrected chi connectivity index (χ1v) is 11.9. The number of nitrogens with one attached hydrogen (secondary N) is 1. The average Bonchev–Trinajstić information content (AvgIpc) is 3.28. The van der Waals surface area contributed by atoms with E-state index >= 15 is 0 Å². The fraction of sp³-hybridized carbons (Fsp3) is 0.292. The molecule has 32 heavy (non-hydrogen) atoms. The standard InChI is InChI=1S/C24H25BrN4O2S/c1-13-11-19-21(32-23(26-19)29-15(3)12-14(2)28-29)16(4)20(13)27-22(30)24(5,6)31-18-9-7-17(25)8-10-18/h7-12H,1-6H3,(H,27,30). The van der Waals surface area contributed by atoms with Crippen molar-refractivity contribution in [1.29, 1.82) is 0 Å². The van der Waals surface area contributed by atoms with Crippen LogP contribution in [0.5, 0.6) is 5.75 Å². The van der Waals surface area contributed by atoms with Gasteiger partial charge in [0.1, 0.15) is 5.75 Å². The van der Waals surface area contributed by atoms with Crippen LogP contribution in [0.4, 0.5) is 5.69 Å². The smallest absolute Gasteiger partial charge is 0.267 e. The van der Waals surface area contributed by atoms with Gasteiger partial charge in [-0.15, -0.1) is 0 Å². The summed E-state index contributed by atoms with van der Waals surface area (Å²) in [6.45, 7) is 11.5. The Kier molecular flexibility index (Phi) is 5.85. The molecule has 0 saturated carbocycles. The number of nitrogens with zero attached hydrogens (tertiary/aromatic N) is 3. The number of fused-ring (bicyclic) bond motifs is 1. The van der Waals surface area contributed by atoms with Gasteiger partial charge in [-0.3, -0.25) is 4.79 Å². The summed E-state index contributed by atoms with van der Waals surface area (Å²) in [5.41, 5.74) is 4.57. The molecule has 2 heterocycles. The lowest BCUT2D eigenvalue weighted by Gasteiger charge is -2.26. The molecule has 8 heteroatoms. The van der Waals surface area contributed by atoms with E-state index in [1.807, 2.05) is 68.8 Å². The Morgan fingerprint density at radius 2 is 1.81 bits per heavy atom. The second-order valence-electron chi connectivity index (χ2n) is 8.40. The Morgan fingerprint density at radius 1 is 1.12 bits per heavy atom. The quantitative estimate of drug-likeness (QED) is 0.341. The number of carbonyl (C=O) groups excluding carboxylic acids is 1. The van der Waals surface area contributed by atoms with Gasteiger partial charge in [0.2, 0.25) is 5.13 Å². The normalized spacial score (nSPS) is 11.7. The molecular weight excluding hydrogens is 488 g/mol. The van der Waals surface area contributed by atoms with E-state index in [4.69, 9.17) is 9.72 Å².